The fourth-order valence-electron chi connectivity index (χ4n) is 1.18. The standard InChI is InChI=1S/C8H8N4O/c1-12-7-2-6(8(9)13)10-3-5(7)4-11-12/h2-4H,1H3,(H2,9,13). The van der Waals surface area contributed by atoms with Crippen LogP contribution in [0.2, 0.25) is 0 Å². The Morgan fingerprint density at radius 1 is 1.54 bits per heavy atom. The molecule has 0 bridgehead atoms. The summed E-state index contributed by atoms with van der Waals surface area (Å²) in [6, 6.07) is 1.63. The van der Waals surface area contributed by atoms with Gasteiger partial charge in [0.25, 0.3) is 5.91 Å². The molecule has 0 aromatic carbocycles. The molecule has 1 amide bonds. The van der Waals surface area contributed by atoms with Crippen LogP contribution in [0.25, 0.3) is 10.9 Å². The first-order valence-corrected chi connectivity index (χ1v) is 3.76. The minimum absolute atomic E-state index is 0.260. The summed E-state index contributed by atoms with van der Waals surface area (Å²) in [6.07, 6.45) is 3.27. The predicted octanol–water partition coefficient (Wildman–Crippen LogP) is 0.0672. The zero-order valence-corrected chi connectivity index (χ0v) is 7.06. The van der Waals surface area contributed by atoms with E-state index in [1.807, 2.05) is 0 Å². The Morgan fingerprint density at radius 3 is 3.00 bits per heavy atom. The Hall–Kier alpha value is -1.91. The van der Waals surface area contributed by atoms with Crippen LogP contribution in [0, 0.1) is 0 Å². The molecule has 2 rings (SSSR count). The Labute approximate surface area is 74.2 Å². The van der Waals surface area contributed by atoms with Crippen LogP contribution in [0.15, 0.2) is 18.5 Å². The quantitative estimate of drug-likeness (QED) is 0.668. The van der Waals surface area contributed by atoms with Crippen molar-refractivity contribution in [3.05, 3.63) is 24.2 Å². The molecule has 0 spiro atoms. The number of hydrogen-bond acceptors (Lipinski definition) is 3. The van der Waals surface area contributed by atoms with E-state index in [2.05, 4.69) is 10.1 Å². The van der Waals surface area contributed by atoms with Gasteiger partial charge in [0.1, 0.15) is 5.69 Å². The third-order valence-corrected chi connectivity index (χ3v) is 1.88. The fourth-order valence-corrected chi connectivity index (χ4v) is 1.18. The van der Waals surface area contributed by atoms with Gasteiger partial charge in [0.05, 0.1) is 11.7 Å². The molecule has 5 heteroatoms. The van der Waals surface area contributed by atoms with Gasteiger partial charge in [0.2, 0.25) is 0 Å². The number of aromatic nitrogens is 3. The molecule has 0 fully saturated rings. The van der Waals surface area contributed by atoms with E-state index in [0.717, 1.165) is 10.9 Å². The van der Waals surface area contributed by atoms with Crippen LogP contribution >= 0.6 is 0 Å². The van der Waals surface area contributed by atoms with E-state index < -0.39 is 5.91 Å². The molecule has 2 aromatic heterocycles. The van der Waals surface area contributed by atoms with Gasteiger partial charge >= 0.3 is 0 Å². The van der Waals surface area contributed by atoms with E-state index in [1.54, 1.807) is 30.2 Å². The number of aryl methyl sites for hydroxylation is 1. The lowest BCUT2D eigenvalue weighted by atomic mass is 10.3. The maximum atomic E-state index is 10.8. The molecule has 2 heterocycles. The molecule has 0 saturated carbocycles. The largest absolute Gasteiger partial charge is 0.364 e. The molecule has 5 nitrogen and oxygen atoms in total. The van der Waals surface area contributed by atoms with Crippen LogP contribution in [-0.4, -0.2) is 20.7 Å². The normalized spacial score (nSPS) is 10.5. The Bertz CT molecular complexity index is 474. The average Bonchev–Trinajstić information content (AvgIpc) is 2.47. The average molecular weight is 176 g/mol. The zero-order chi connectivity index (χ0) is 9.42. The number of carbonyl (C=O) groups is 1. The highest BCUT2D eigenvalue weighted by Gasteiger charge is 2.05. The van der Waals surface area contributed by atoms with Crippen LogP contribution in [-0.2, 0) is 7.05 Å². The van der Waals surface area contributed by atoms with Crippen LogP contribution in [0.1, 0.15) is 10.5 Å². The summed E-state index contributed by atoms with van der Waals surface area (Å²) >= 11 is 0. The first-order valence-electron chi connectivity index (χ1n) is 3.76. The highest BCUT2D eigenvalue weighted by molar-refractivity contribution is 5.94. The SMILES string of the molecule is Cn1ncc2cnc(C(N)=O)cc21. The van der Waals surface area contributed by atoms with Crippen LogP contribution in [0.3, 0.4) is 0 Å². The number of primary amides is 1. The van der Waals surface area contributed by atoms with Crippen molar-refractivity contribution in [2.24, 2.45) is 12.8 Å². The molecule has 0 unspecified atom stereocenters. The maximum absolute atomic E-state index is 10.8. The molecule has 0 atom stereocenters. The molecular formula is C8H8N4O. The van der Waals surface area contributed by atoms with Gasteiger partial charge in [-0.3, -0.25) is 14.5 Å². The number of rotatable bonds is 1. The Morgan fingerprint density at radius 2 is 2.31 bits per heavy atom. The van der Waals surface area contributed by atoms with Crippen LogP contribution < -0.4 is 5.73 Å². The van der Waals surface area contributed by atoms with Crippen molar-refractivity contribution in [1.82, 2.24) is 14.8 Å². The molecule has 0 aliphatic heterocycles. The van der Waals surface area contributed by atoms with E-state index in [0.29, 0.717) is 0 Å². The van der Waals surface area contributed by atoms with Crippen molar-refractivity contribution in [2.45, 2.75) is 0 Å². The van der Waals surface area contributed by atoms with Crippen molar-refractivity contribution < 1.29 is 4.79 Å². The number of carbonyl (C=O) groups excluding carboxylic acids is 1. The molecule has 0 radical (unpaired) electrons. The van der Waals surface area contributed by atoms with Gasteiger partial charge in [0.15, 0.2) is 0 Å². The van der Waals surface area contributed by atoms with Gasteiger partial charge in [-0.15, -0.1) is 0 Å². The number of nitrogens with zero attached hydrogens (tertiary/aromatic N) is 3. The van der Waals surface area contributed by atoms with E-state index >= 15 is 0 Å². The smallest absolute Gasteiger partial charge is 0.267 e. The number of nitrogens with two attached hydrogens (primary N) is 1. The molecule has 0 aliphatic carbocycles. The summed E-state index contributed by atoms with van der Waals surface area (Å²) in [6.45, 7) is 0. The summed E-state index contributed by atoms with van der Waals surface area (Å²) in [7, 11) is 1.80. The summed E-state index contributed by atoms with van der Waals surface area (Å²) < 4.78 is 1.67. The molecule has 13 heavy (non-hydrogen) atoms. The van der Waals surface area contributed by atoms with Gasteiger partial charge in [-0.2, -0.15) is 5.10 Å². The molecule has 0 saturated heterocycles. The topological polar surface area (TPSA) is 73.8 Å². The van der Waals surface area contributed by atoms with Crippen LogP contribution in [0.5, 0.6) is 0 Å². The highest BCUT2D eigenvalue weighted by atomic mass is 16.1. The third kappa shape index (κ3) is 1.14. The first kappa shape index (κ1) is 7.72. The lowest BCUT2D eigenvalue weighted by molar-refractivity contribution is 0.0996. The first-order chi connectivity index (χ1) is 6.18. The van der Waals surface area contributed by atoms with Gasteiger partial charge in [0, 0.05) is 18.6 Å². The van der Waals surface area contributed by atoms with E-state index in [4.69, 9.17) is 5.73 Å². The van der Waals surface area contributed by atoms with Crippen molar-refractivity contribution in [3.63, 3.8) is 0 Å². The molecule has 2 N–H and O–H groups in total. The molecule has 2 aromatic rings. The van der Waals surface area contributed by atoms with Crippen molar-refractivity contribution in [1.29, 1.82) is 0 Å². The number of pyridine rings is 1. The van der Waals surface area contributed by atoms with E-state index in [1.165, 1.54) is 0 Å². The van der Waals surface area contributed by atoms with Crippen molar-refractivity contribution in [3.8, 4) is 0 Å². The van der Waals surface area contributed by atoms with Gasteiger partial charge < -0.3 is 5.73 Å². The lowest BCUT2D eigenvalue weighted by Gasteiger charge is -1.96. The van der Waals surface area contributed by atoms with Gasteiger partial charge in [-0.25, -0.2) is 0 Å². The highest BCUT2D eigenvalue weighted by Crippen LogP contribution is 2.11. The number of hydrogen-bond donors (Lipinski definition) is 1. The monoisotopic (exact) mass is 176 g/mol. The van der Waals surface area contributed by atoms with E-state index in [-0.39, 0.29) is 5.69 Å². The van der Waals surface area contributed by atoms with Gasteiger partial charge in [-0.05, 0) is 6.07 Å². The van der Waals surface area contributed by atoms with Crippen LogP contribution in [0.4, 0.5) is 0 Å². The summed E-state index contributed by atoms with van der Waals surface area (Å²) in [5.41, 5.74) is 6.20. The van der Waals surface area contributed by atoms with Gasteiger partial charge in [-0.1, -0.05) is 0 Å². The summed E-state index contributed by atoms with van der Waals surface area (Å²) in [4.78, 5) is 14.7. The number of amides is 1. The molecule has 0 aliphatic rings. The zero-order valence-electron chi connectivity index (χ0n) is 7.06. The second-order valence-electron chi connectivity index (χ2n) is 2.76. The lowest BCUT2D eigenvalue weighted by Crippen LogP contribution is -2.12. The minimum Gasteiger partial charge on any atom is -0.364 e. The summed E-state index contributed by atoms with van der Waals surface area (Å²) in [5.74, 6) is -0.525. The van der Waals surface area contributed by atoms with E-state index in [9.17, 15) is 4.79 Å². The number of fused-ring (bicyclic) bond motifs is 1. The second-order valence-corrected chi connectivity index (χ2v) is 2.76. The molecular weight excluding hydrogens is 168 g/mol. The summed E-state index contributed by atoms with van der Waals surface area (Å²) in [5, 5.41) is 4.92. The second kappa shape index (κ2) is 2.55. The third-order valence-electron chi connectivity index (χ3n) is 1.88. The van der Waals surface area contributed by atoms with Crippen molar-refractivity contribution in [2.75, 3.05) is 0 Å². The fraction of sp³-hybridized carbons (Fsp3) is 0.125. The van der Waals surface area contributed by atoms with Crippen molar-refractivity contribution >= 4 is 16.8 Å². The molecule has 66 valence electrons. The predicted molar refractivity (Wildman–Crippen MR) is 47.0 cm³/mol. The Kier molecular flexibility index (Phi) is 1.51. The minimum atomic E-state index is -0.525. The maximum Gasteiger partial charge on any atom is 0.267 e. The Balaban J connectivity index is 2.72.